The Morgan fingerprint density at radius 2 is 2.25 bits per heavy atom. The van der Waals surface area contributed by atoms with Crippen molar-refractivity contribution in [1.29, 1.82) is 0 Å². The molecule has 1 aromatic rings. The summed E-state index contributed by atoms with van der Waals surface area (Å²) in [5.74, 6) is 0. The number of methoxy groups -OCH3 is 1. The van der Waals surface area contributed by atoms with E-state index in [9.17, 15) is 4.79 Å². The molecule has 2 N–H and O–H groups in total. The highest BCUT2D eigenvalue weighted by Crippen LogP contribution is 2.14. The van der Waals surface area contributed by atoms with Gasteiger partial charge >= 0.3 is 6.03 Å². The highest BCUT2D eigenvalue weighted by Gasteiger charge is 2.04. The molecule has 1 heterocycles. The largest absolute Gasteiger partial charge is 0.380 e. The van der Waals surface area contributed by atoms with Crippen LogP contribution in [-0.2, 0) is 11.3 Å². The molecule has 0 fully saturated rings. The number of urea groups is 1. The Morgan fingerprint density at radius 3 is 2.81 bits per heavy atom. The minimum atomic E-state index is -0.157. The molecule has 1 atom stereocenters. The average molecular weight is 242 g/mol. The normalized spacial score (nSPS) is 12.2. The minimum Gasteiger partial charge on any atom is -0.380 e. The van der Waals surface area contributed by atoms with E-state index in [0.29, 0.717) is 13.1 Å². The van der Waals surface area contributed by atoms with Crippen LogP contribution in [0.1, 0.15) is 16.7 Å². The Labute approximate surface area is 100 Å². The van der Waals surface area contributed by atoms with E-state index in [4.69, 9.17) is 4.74 Å². The second-order valence-electron chi connectivity index (χ2n) is 3.62. The molecular formula is C11H18N2O2S. The molecule has 0 radical (unpaired) electrons. The summed E-state index contributed by atoms with van der Waals surface area (Å²) in [5.41, 5.74) is 0. The molecule has 0 aliphatic rings. The highest BCUT2D eigenvalue weighted by atomic mass is 32.1. The van der Waals surface area contributed by atoms with Crippen LogP contribution in [0.25, 0.3) is 0 Å². The SMILES string of the molecule is CO[C@@H](C)CNC(=O)NCc1ccc(C)s1. The summed E-state index contributed by atoms with van der Waals surface area (Å²) in [6.07, 6.45) is 0.0368. The van der Waals surface area contributed by atoms with Gasteiger partial charge in [-0.15, -0.1) is 11.3 Å². The van der Waals surface area contributed by atoms with Gasteiger partial charge in [0.2, 0.25) is 0 Å². The number of carbonyl (C=O) groups is 1. The molecule has 1 aromatic heterocycles. The van der Waals surface area contributed by atoms with Crippen molar-refractivity contribution < 1.29 is 9.53 Å². The summed E-state index contributed by atoms with van der Waals surface area (Å²) in [4.78, 5) is 13.8. The zero-order valence-corrected chi connectivity index (χ0v) is 10.7. The number of aryl methyl sites for hydroxylation is 1. The Kier molecular flexibility index (Phi) is 5.28. The lowest BCUT2D eigenvalue weighted by molar-refractivity contribution is 0.118. The van der Waals surface area contributed by atoms with E-state index in [1.807, 2.05) is 19.1 Å². The lowest BCUT2D eigenvalue weighted by Crippen LogP contribution is -2.39. The summed E-state index contributed by atoms with van der Waals surface area (Å²) >= 11 is 1.69. The van der Waals surface area contributed by atoms with Gasteiger partial charge in [0, 0.05) is 23.4 Å². The summed E-state index contributed by atoms with van der Waals surface area (Å²) in [6.45, 7) is 5.05. The van der Waals surface area contributed by atoms with Crippen molar-refractivity contribution in [1.82, 2.24) is 10.6 Å². The molecule has 16 heavy (non-hydrogen) atoms. The van der Waals surface area contributed by atoms with Crippen molar-refractivity contribution in [3.05, 3.63) is 21.9 Å². The van der Waals surface area contributed by atoms with E-state index in [2.05, 4.69) is 17.6 Å². The van der Waals surface area contributed by atoms with Crippen LogP contribution in [0.5, 0.6) is 0 Å². The van der Waals surface area contributed by atoms with Crippen LogP contribution in [0.15, 0.2) is 12.1 Å². The van der Waals surface area contributed by atoms with Gasteiger partial charge in [-0.3, -0.25) is 0 Å². The lowest BCUT2D eigenvalue weighted by atomic mass is 10.4. The molecule has 0 aliphatic heterocycles. The first kappa shape index (κ1) is 13.0. The highest BCUT2D eigenvalue weighted by molar-refractivity contribution is 7.11. The maximum absolute atomic E-state index is 11.4. The average Bonchev–Trinajstić information content (AvgIpc) is 2.69. The fourth-order valence-electron chi connectivity index (χ4n) is 1.13. The first-order valence-corrected chi connectivity index (χ1v) is 6.03. The molecule has 0 spiro atoms. The van der Waals surface area contributed by atoms with E-state index in [1.165, 1.54) is 4.88 Å². The van der Waals surface area contributed by atoms with Crippen molar-refractivity contribution in [2.45, 2.75) is 26.5 Å². The molecule has 90 valence electrons. The van der Waals surface area contributed by atoms with Gasteiger partial charge in [0.1, 0.15) is 0 Å². The number of thiophene rings is 1. The van der Waals surface area contributed by atoms with Gasteiger partial charge in [-0.05, 0) is 26.0 Å². The van der Waals surface area contributed by atoms with Crippen LogP contribution >= 0.6 is 11.3 Å². The van der Waals surface area contributed by atoms with Crippen LogP contribution in [-0.4, -0.2) is 25.8 Å². The summed E-state index contributed by atoms with van der Waals surface area (Å²) in [6, 6.07) is 3.92. The van der Waals surface area contributed by atoms with E-state index < -0.39 is 0 Å². The lowest BCUT2D eigenvalue weighted by Gasteiger charge is -2.11. The van der Waals surface area contributed by atoms with Gasteiger partial charge in [0.25, 0.3) is 0 Å². The molecule has 0 bridgehead atoms. The molecule has 0 aromatic carbocycles. The number of carbonyl (C=O) groups excluding carboxylic acids is 1. The zero-order chi connectivity index (χ0) is 12.0. The monoisotopic (exact) mass is 242 g/mol. The summed E-state index contributed by atoms with van der Waals surface area (Å²) < 4.78 is 5.03. The standard InChI is InChI=1S/C11H18N2O2S/c1-8(15-3)6-12-11(14)13-7-10-5-4-9(2)16-10/h4-5,8H,6-7H2,1-3H3,(H2,12,13,14)/t8-/m0/s1. The molecule has 5 heteroatoms. The number of rotatable bonds is 5. The van der Waals surface area contributed by atoms with Gasteiger partial charge in [-0.2, -0.15) is 0 Å². The zero-order valence-electron chi connectivity index (χ0n) is 9.87. The number of ether oxygens (including phenoxy) is 1. The first-order chi connectivity index (χ1) is 7.61. The Hall–Kier alpha value is -1.07. The molecule has 0 saturated heterocycles. The van der Waals surface area contributed by atoms with Gasteiger partial charge in [-0.1, -0.05) is 0 Å². The summed E-state index contributed by atoms with van der Waals surface area (Å²) in [7, 11) is 1.62. The minimum absolute atomic E-state index is 0.0368. The maximum atomic E-state index is 11.4. The van der Waals surface area contributed by atoms with E-state index in [-0.39, 0.29) is 12.1 Å². The molecule has 4 nitrogen and oxygen atoms in total. The van der Waals surface area contributed by atoms with Crippen molar-refractivity contribution in [2.75, 3.05) is 13.7 Å². The second-order valence-corrected chi connectivity index (χ2v) is 4.99. The topological polar surface area (TPSA) is 50.4 Å². The smallest absolute Gasteiger partial charge is 0.315 e. The molecule has 0 saturated carbocycles. The van der Waals surface area contributed by atoms with Crippen molar-refractivity contribution >= 4 is 17.4 Å². The van der Waals surface area contributed by atoms with Gasteiger partial charge < -0.3 is 15.4 Å². The fourth-order valence-corrected chi connectivity index (χ4v) is 1.96. The predicted octanol–water partition coefficient (Wildman–Crippen LogP) is 1.89. The van der Waals surface area contributed by atoms with Crippen LogP contribution in [0.4, 0.5) is 4.79 Å². The molecule has 2 amide bonds. The van der Waals surface area contributed by atoms with Crippen molar-refractivity contribution in [3.8, 4) is 0 Å². The third kappa shape index (κ3) is 4.63. The maximum Gasteiger partial charge on any atom is 0.315 e. The molecular weight excluding hydrogens is 224 g/mol. The van der Waals surface area contributed by atoms with Crippen molar-refractivity contribution in [3.63, 3.8) is 0 Å². The van der Waals surface area contributed by atoms with Crippen LogP contribution < -0.4 is 10.6 Å². The van der Waals surface area contributed by atoms with Crippen LogP contribution in [0.2, 0.25) is 0 Å². The quantitative estimate of drug-likeness (QED) is 0.828. The van der Waals surface area contributed by atoms with E-state index in [1.54, 1.807) is 18.4 Å². The second kappa shape index (κ2) is 6.50. The summed E-state index contributed by atoms with van der Waals surface area (Å²) in [5, 5.41) is 5.54. The van der Waals surface area contributed by atoms with E-state index in [0.717, 1.165) is 4.88 Å². The third-order valence-electron chi connectivity index (χ3n) is 2.17. The Balaban J connectivity index is 2.20. The number of hydrogen-bond donors (Lipinski definition) is 2. The Morgan fingerprint density at radius 1 is 1.50 bits per heavy atom. The molecule has 0 aliphatic carbocycles. The molecule has 0 unspecified atom stereocenters. The first-order valence-electron chi connectivity index (χ1n) is 5.21. The Bertz CT molecular complexity index is 338. The predicted molar refractivity (Wildman–Crippen MR) is 65.8 cm³/mol. The molecule has 1 rings (SSSR count). The van der Waals surface area contributed by atoms with Crippen molar-refractivity contribution in [2.24, 2.45) is 0 Å². The number of hydrogen-bond acceptors (Lipinski definition) is 3. The number of nitrogens with one attached hydrogen (secondary N) is 2. The third-order valence-corrected chi connectivity index (χ3v) is 3.17. The fraction of sp³-hybridized carbons (Fsp3) is 0.545. The van der Waals surface area contributed by atoms with E-state index >= 15 is 0 Å². The number of amides is 2. The van der Waals surface area contributed by atoms with Crippen LogP contribution in [0, 0.1) is 6.92 Å². The van der Waals surface area contributed by atoms with Gasteiger partial charge in [-0.25, -0.2) is 4.79 Å². The van der Waals surface area contributed by atoms with Crippen LogP contribution in [0.3, 0.4) is 0 Å². The van der Waals surface area contributed by atoms with Gasteiger partial charge in [0.15, 0.2) is 0 Å². The van der Waals surface area contributed by atoms with Gasteiger partial charge in [0.05, 0.1) is 12.6 Å².